The second-order valence-electron chi connectivity index (χ2n) is 4.29. The van der Waals surface area contributed by atoms with E-state index in [9.17, 15) is 0 Å². The van der Waals surface area contributed by atoms with Crippen LogP contribution in [0, 0.1) is 0 Å². The molecule has 0 atom stereocenters. The second-order valence-corrected chi connectivity index (χ2v) is 4.29. The molecule has 0 unspecified atom stereocenters. The van der Waals surface area contributed by atoms with E-state index in [2.05, 4.69) is 0 Å². The van der Waals surface area contributed by atoms with E-state index in [0.29, 0.717) is 24.7 Å². The third-order valence-electron chi connectivity index (χ3n) is 3.02. The molecule has 0 aliphatic carbocycles. The van der Waals surface area contributed by atoms with Crippen molar-refractivity contribution < 1.29 is 14.2 Å². The summed E-state index contributed by atoms with van der Waals surface area (Å²) >= 11 is 0. The van der Waals surface area contributed by atoms with E-state index in [4.69, 9.17) is 19.9 Å². The molecule has 0 saturated heterocycles. The van der Waals surface area contributed by atoms with Crippen molar-refractivity contribution in [3.63, 3.8) is 0 Å². The molecule has 2 aromatic rings. The normalized spacial score (nSPS) is 10.2. The molecule has 4 nitrogen and oxygen atoms in total. The van der Waals surface area contributed by atoms with Crippen LogP contribution in [0.1, 0.15) is 11.1 Å². The largest absolute Gasteiger partial charge is 0.497 e. The number of methoxy groups -OCH3 is 2. The van der Waals surface area contributed by atoms with E-state index in [0.717, 1.165) is 16.9 Å². The maximum absolute atomic E-state index is 5.88. The van der Waals surface area contributed by atoms with Gasteiger partial charge in [0.05, 0.1) is 14.2 Å². The lowest BCUT2D eigenvalue weighted by Gasteiger charge is -2.14. The smallest absolute Gasteiger partial charge is 0.166 e. The quantitative estimate of drug-likeness (QED) is 0.879. The van der Waals surface area contributed by atoms with Gasteiger partial charge in [0.2, 0.25) is 0 Å². The summed E-state index contributed by atoms with van der Waals surface area (Å²) in [5.41, 5.74) is 7.68. The van der Waals surface area contributed by atoms with Crippen LogP contribution in [0.3, 0.4) is 0 Å². The van der Waals surface area contributed by atoms with Crippen molar-refractivity contribution in [2.45, 2.75) is 13.2 Å². The van der Waals surface area contributed by atoms with Gasteiger partial charge >= 0.3 is 0 Å². The van der Waals surface area contributed by atoms with Crippen LogP contribution in [0.4, 0.5) is 0 Å². The summed E-state index contributed by atoms with van der Waals surface area (Å²) in [6, 6.07) is 13.5. The standard InChI is InChI=1S/C16H19NO3/c1-18-14-7-3-5-12(9-14)11-20-16-13(10-17)6-4-8-15(16)19-2/h3-9H,10-11,17H2,1-2H3. The molecule has 20 heavy (non-hydrogen) atoms. The molecular weight excluding hydrogens is 254 g/mol. The van der Waals surface area contributed by atoms with Crippen molar-refractivity contribution >= 4 is 0 Å². The minimum Gasteiger partial charge on any atom is -0.497 e. The van der Waals surface area contributed by atoms with E-state index < -0.39 is 0 Å². The Morgan fingerprint density at radius 3 is 2.50 bits per heavy atom. The number of rotatable bonds is 6. The molecule has 0 spiro atoms. The molecule has 0 aliphatic heterocycles. The lowest BCUT2D eigenvalue weighted by molar-refractivity contribution is 0.281. The fourth-order valence-corrected chi connectivity index (χ4v) is 1.96. The first-order valence-electron chi connectivity index (χ1n) is 6.40. The predicted octanol–water partition coefficient (Wildman–Crippen LogP) is 2.74. The number of hydrogen-bond acceptors (Lipinski definition) is 4. The average Bonchev–Trinajstić information content (AvgIpc) is 2.52. The topological polar surface area (TPSA) is 53.7 Å². The fraction of sp³-hybridized carbons (Fsp3) is 0.250. The van der Waals surface area contributed by atoms with Crippen molar-refractivity contribution in [2.75, 3.05) is 14.2 Å². The van der Waals surface area contributed by atoms with Crippen molar-refractivity contribution in [1.29, 1.82) is 0 Å². The van der Waals surface area contributed by atoms with Gasteiger partial charge in [-0.25, -0.2) is 0 Å². The van der Waals surface area contributed by atoms with Gasteiger partial charge in [0.1, 0.15) is 12.4 Å². The van der Waals surface area contributed by atoms with E-state index in [1.165, 1.54) is 0 Å². The van der Waals surface area contributed by atoms with Crippen LogP contribution in [-0.2, 0) is 13.2 Å². The lowest BCUT2D eigenvalue weighted by Crippen LogP contribution is -2.04. The van der Waals surface area contributed by atoms with Crippen LogP contribution in [0.15, 0.2) is 42.5 Å². The molecule has 0 bridgehead atoms. The number of hydrogen-bond donors (Lipinski definition) is 1. The second kappa shape index (κ2) is 6.82. The third-order valence-corrected chi connectivity index (χ3v) is 3.02. The lowest BCUT2D eigenvalue weighted by atomic mass is 10.2. The zero-order chi connectivity index (χ0) is 14.4. The Morgan fingerprint density at radius 2 is 1.80 bits per heavy atom. The monoisotopic (exact) mass is 273 g/mol. The van der Waals surface area contributed by atoms with Crippen LogP contribution in [0.2, 0.25) is 0 Å². The highest BCUT2D eigenvalue weighted by Crippen LogP contribution is 2.31. The van der Waals surface area contributed by atoms with Crippen molar-refractivity contribution in [1.82, 2.24) is 0 Å². The molecule has 0 saturated carbocycles. The molecule has 2 aromatic carbocycles. The van der Waals surface area contributed by atoms with E-state index in [1.54, 1.807) is 14.2 Å². The number of para-hydroxylation sites is 1. The molecule has 0 fully saturated rings. The molecule has 0 heterocycles. The Kier molecular flexibility index (Phi) is 4.85. The molecule has 0 radical (unpaired) electrons. The summed E-state index contributed by atoms with van der Waals surface area (Å²) < 4.78 is 16.4. The first-order chi connectivity index (χ1) is 9.78. The first kappa shape index (κ1) is 14.2. The van der Waals surface area contributed by atoms with Gasteiger partial charge < -0.3 is 19.9 Å². The molecule has 2 rings (SSSR count). The molecule has 4 heteroatoms. The highest BCUT2D eigenvalue weighted by molar-refractivity contribution is 5.46. The molecule has 0 aliphatic rings. The summed E-state index contributed by atoms with van der Waals surface area (Å²) in [6.45, 7) is 0.842. The van der Waals surface area contributed by atoms with Gasteiger partial charge in [-0.2, -0.15) is 0 Å². The number of nitrogens with two attached hydrogens (primary N) is 1. The van der Waals surface area contributed by atoms with Gasteiger partial charge in [-0.15, -0.1) is 0 Å². The molecular formula is C16H19NO3. The van der Waals surface area contributed by atoms with Gasteiger partial charge in [-0.3, -0.25) is 0 Å². The SMILES string of the molecule is COc1cccc(COc2c(CN)cccc2OC)c1. The number of ether oxygens (including phenoxy) is 3. The van der Waals surface area contributed by atoms with Crippen LogP contribution in [0.25, 0.3) is 0 Å². The van der Waals surface area contributed by atoms with Crippen molar-refractivity contribution in [2.24, 2.45) is 5.73 Å². The zero-order valence-corrected chi connectivity index (χ0v) is 11.8. The van der Waals surface area contributed by atoms with Gasteiger partial charge in [0.15, 0.2) is 11.5 Å². The minimum absolute atomic E-state index is 0.407. The average molecular weight is 273 g/mol. The first-order valence-corrected chi connectivity index (χ1v) is 6.40. The molecule has 2 N–H and O–H groups in total. The van der Waals surface area contributed by atoms with E-state index in [1.807, 2.05) is 42.5 Å². The van der Waals surface area contributed by atoms with Crippen LogP contribution in [-0.4, -0.2) is 14.2 Å². The summed E-state index contributed by atoms with van der Waals surface area (Å²) in [7, 11) is 3.26. The predicted molar refractivity (Wildman–Crippen MR) is 78.2 cm³/mol. The summed E-state index contributed by atoms with van der Waals surface area (Å²) in [5.74, 6) is 2.20. The fourth-order valence-electron chi connectivity index (χ4n) is 1.96. The summed E-state index contributed by atoms with van der Waals surface area (Å²) in [6.07, 6.45) is 0. The van der Waals surface area contributed by atoms with Gasteiger partial charge in [0, 0.05) is 12.1 Å². The zero-order valence-electron chi connectivity index (χ0n) is 11.8. The van der Waals surface area contributed by atoms with Crippen LogP contribution >= 0.6 is 0 Å². The highest BCUT2D eigenvalue weighted by atomic mass is 16.5. The Labute approximate surface area is 119 Å². The Hall–Kier alpha value is -2.20. The van der Waals surface area contributed by atoms with Gasteiger partial charge in [-0.05, 0) is 23.8 Å². The van der Waals surface area contributed by atoms with Crippen molar-refractivity contribution in [3.8, 4) is 17.2 Å². The highest BCUT2D eigenvalue weighted by Gasteiger charge is 2.09. The minimum atomic E-state index is 0.407. The third kappa shape index (κ3) is 3.22. The summed E-state index contributed by atoms with van der Waals surface area (Å²) in [5, 5.41) is 0. The molecule has 0 amide bonds. The number of benzene rings is 2. The van der Waals surface area contributed by atoms with Gasteiger partial charge in [-0.1, -0.05) is 24.3 Å². The van der Waals surface area contributed by atoms with E-state index >= 15 is 0 Å². The maximum Gasteiger partial charge on any atom is 0.166 e. The Balaban J connectivity index is 2.17. The van der Waals surface area contributed by atoms with E-state index in [-0.39, 0.29) is 0 Å². The van der Waals surface area contributed by atoms with Crippen LogP contribution in [0.5, 0.6) is 17.2 Å². The van der Waals surface area contributed by atoms with Crippen molar-refractivity contribution in [3.05, 3.63) is 53.6 Å². The Bertz CT molecular complexity index is 547. The molecule has 0 aromatic heterocycles. The maximum atomic E-state index is 5.88. The van der Waals surface area contributed by atoms with Crippen LogP contribution < -0.4 is 19.9 Å². The van der Waals surface area contributed by atoms with Gasteiger partial charge in [0.25, 0.3) is 0 Å². The Morgan fingerprint density at radius 1 is 1.00 bits per heavy atom. The summed E-state index contributed by atoms with van der Waals surface area (Å²) in [4.78, 5) is 0. The molecule has 106 valence electrons.